The molecule has 0 heterocycles. The molecule has 22 heavy (non-hydrogen) atoms. The minimum atomic E-state index is -0.454. The monoisotopic (exact) mass is 326 g/mol. The summed E-state index contributed by atoms with van der Waals surface area (Å²) in [7, 11) is 0. The van der Waals surface area contributed by atoms with E-state index in [0.29, 0.717) is 17.4 Å². The van der Waals surface area contributed by atoms with Gasteiger partial charge in [0.1, 0.15) is 5.75 Å². The second-order valence-electron chi connectivity index (χ2n) is 5.17. The molecule has 0 aliphatic heterocycles. The molecule has 0 aromatic heterocycles. The van der Waals surface area contributed by atoms with Gasteiger partial charge in [-0.3, -0.25) is 9.59 Å². The first-order valence-electron chi connectivity index (χ1n) is 7.65. The predicted octanol–water partition coefficient (Wildman–Crippen LogP) is 4.46. The Morgan fingerprint density at radius 1 is 1.09 bits per heavy atom. The lowest BCUT2D eigenvalue weighted by atomic mass is 10.2. The molecule has 0 bridgehead atoms. The van der Waals surface area contributed by atoms with E-state index in [1.165, 1.54) is 0 Å². The largest absolute Gasteiger partial charge is 0.466 e. The molecule has 0 N–H and O–H groups in total. The third-order valence-electron chi connectivity index (χ3n) is 3.16. The van der Waals surface area contributed by atoms with Crippen LogP contribution in [0, 0.1) is 6.92 Å². The highest BCUT2D eigenvalue weighted by molar-refractivity contribution is 6.31. The summed E-state index contributed by atoms with van der Waals surface area (Å²) in [5, 5.41) is 0.617. The second kappa shape index (κ2) is 10.2. The van der Waals surface area contributed by atoms with Crippen LogP contribution in [-0.4, -0.2) is 18.5 Å². The summed E-state index contributed by atoms with van der Waals surface area (Å²) in [4.78, 5) is 23.1. The summed E-state index contributed by atoms with van der Waals surface area (Å²) >= 11 is 5.90. The van der Waals surface area contributed by atoms with Crippen molar-refractivity contribution in [3.8, 4) is 5.75 Å². The van der Waals surface area contributed by atoms with Crippen LogP contribution in [0.1, 0.15) is 51.0 Å². The molecule has 0 atom stereocenters. The molecule has 0 saturated carbocycles. The van der Waals surface area contributed by atoms with Gasteiger partial charge < -0.3 is 9.47 Å². The summed E-state index contributed by atoms with van der Waals surface area (Å²) in [6, 6.07) is 4.98. The third-order valence-corrected chi connectivity index (χ3v) is 3.58. The van der Waals surface area contributed by atoms with Crippen molar-refractivity contribution in [1.82, 2.24) is 0 Å². The van der Waals surface area contributed by atoms with Gasteiger partial charge in [-0.2, -0.15) is 0 Å². The lowest BCUT2D eigenvalue weighted by Gasteiger charge is -2.06. The van der Waals surface area contributed by atoms with Crippen molar-refractivity contribution in [3.05, 3.63) is 28.8 Å². The fourth-order valence-electron chi connectivity index (χ4n) is 1.85. The fraction of sp³-hybridized carbons (Fsp3) is 0.529. The molecule has 4 nitrogen and oxygen atoms in total. The maximum Gasteiger partial charge on any atom is 0.311 e. The van der Waals surface area contributed by atoms with Crippen LogP contribution in [0.3, 0.4) is 0 Å². The first-order valence-corrected chi connectivity index (χ1v) is 8.03. The quantitative estimate of drug-likeness (QED) is 0.382. The van der Waals surface area contributed by atoms with Crippen molar-refractivity contribution in [1.29, 1.82) is 0 Å². The molecule has 1 aromatic carbocycles. The van der Waals surface area contributed by atoms with Gasteiger partial charge in [0.25, 0.3) is 0 Å². The SMILES string of the molecule is CCCCCCOC(=O)CCC(=O)Oc1ccc(Cl)c(C)c1. The van der Waals surface area contributed by atoms with Gasteiger partial charge in [0, 0.05) is 5.02 Å². The number of unbranched alkanes of at least 4 members (excludes halogenated alkanes) is 3. The summed E-state index contributed by atoms with van der Waals surface area (Å²) in [6.07, 6.45) is 4.26. The number of carbonyl (C=O) groups excluding carboxylic acids is 2. The van der Waals surface area contributed by atoms with E-state index in [1.807, 2.05) is 6.92 Å². The number of halogens is 1. The van der Waals surface area contributed by atoms with Crippen LogP contribution in [0.2, 0.25) is 5.02 Å². The van der Waals surface area contributed by atoms with Crippen molar-refractivity contribution < 1.29 is 19.1 Å². The van der Waals surface area contributed by atoms with Crippen LogP contribution in [-0.2, 0) is 14.3 Å². The van der Waals surface area contributed by atoms with Crippen LogP contribution >= 0.6 is 11.6 Å². The maximum absolute atomic E-state index is 11.7. The number of benzene rings is 1. The van der Waals surface area contributed by atoms with E-state index in [0.717, 1.165) is 31.2 Å². The molecule has 122 valence electrons. The molecule has 0 fully saturated rings. The zero-order chi connectivity index (χ0) is 16.4. The Labute approximate surface area is 136 Å². The van der Waals surface area contributed by atoms with Crippen molar-refractivity contribution >= 4 is 23.5 Å². The van der Waals surface area contributed by atoms with Gasteiger partial charge in [-0.15, -0.1) is 0 Å². The number of esters is 2. The van der Waals surface area contributed by atoms with Gasteiger partial charge in [-0.25, -0.2) is 0 Å². The Bertz CT molecular complexity index is 499. The number of ether oxygens (including phenoxy) is 2. The number of rotatable bonds is 9. The van der Waals surface area contributed by atoms with Crippen molar-refractivity contribution in [2.24, 2.45) is 0 Å². The molecule has 1 rings (SSSR count). The van der Waals surface area contributed by atoms with Gasteiger partial charge in [0.15, 0.2) is 0 Å². The van der Waals surface area contributed by atoms with E-state index in [-0.39, 0.29) is 18.8 Å². The Morgan fingerprint density at radius 2 is 1.82 bits per heavy atom. The summed E-state index contributed by atoms with van der Waals surface area (Å²) in [5.41, 5.74) is 0.832. The van der Waals surface area contributed by atoms with Gasteiger partial charge in [-0.1, -0.05) is 37.8 Å². The molecule has 5 heteroatoms. The molecule has 0 radical (unpaired) electrons. The number of aryl methyl sites for hydroxylation is 1. The summed E-state index contributed by atoms with van der Waals surface area (Å²) < 4.78 is 10.2. The van der Waals surface area contributed by atoms with Crippen LogP contribution in [0.4, 0.5) is 0 Å². The summed E-state index contributed by atoms with van der Waals surface area (Å²) in [6.45, 7) is 4.37. The van der Waals surface area contributed by atoms with Crippen molar-refractivity contribution in [2.45, 2.75) is 52.4 Å². The van der Waals surface area contributed by atoms with E-state index >= 15 is 0 Å². The van der Waals surface area contributed by atoms with Crippen LogP contribution in [0.15, 0.2) is 18.2 Å². The van der Waals surface area contributed by atoms with Crippen LogP contribution in [0.5, 0.6) is 5.75 Å². The van der Waals surface area contributed by atoms with E-state index in [2.05, 4.69) is 6.92 Å². The highest BCUT2D eigenvalue weighted by Gasteiger charge is 2.10. The van der Waals surface area contributed by atoms with Crippen LogP contribution < -0.4 is 4.74 Å². The first-order chi connectivity index (χ1) is 10.5. The highest BCUT2D eigenvalue weighted by Crippen LogP contribution is 2.21. The van der Waals surface area contributed by atoms with E-state index in [1.54, 1.807) is 18.2 Å². The third kappa shape index (κ3) is 7.46. The zero-order valence-electron chi connectivity index (χ0n) is 13.2. The Kier molecular flexibility index (Phi) is 8.60. The van der Waals surface area contributed by atoms with Gasteiger partial charge in [0.2, 0.25) is 0 Å². The lowest BCUT2D eigenvalue weighted by Crippen LogP contribution is -2.13. The Morgan fingerprint density at radius 3 is 2.50 bits per heavy atom. The maximum atomic E-state index is 11.7. The standard InChI is InChI=1S/C17H23ClO4/c1-3-4-5-6-11-21-16(19)9-10-17(20)22-14-7-8-15(18)13(2)12-14/h7-8,12H,3-6,9-11H2,1-2H3. The van der Waals surface area contributed by atoms with E-state index in [9.17, 15) is 9.59 Å². The predicted molar refractivity (Wildman–Crippen MR) is 86.2 cm³/mol. The van der Waals surface area contributed by atoms with E-state index in [4.69, 9.17) is 21.1 Å². The molecular formula is C17H23ClO4. The lowest BCUT2D eigenvalue weighted by molar-refractivity contribution is -0.147. The van der Waals surface area contributed by atoms with Gasteiger partial charge >= 0.3 is 11.9 Å². The molecule has 1 aromatic rings. The topological polar surface area (TPSA) is 52.6 Å². The molecule has 0 unspecified atom stereocenters. The first kappa shape index (κ1) is 18.5. The fourth-order valence-corrected chi connectivity index (χ4v) is 1.97. The van der Waals surface area contributed by atoms with Crippen molar-refractivity contribution in [3.63, 3.8) is 0 Å². The number of hydrogen-bond acceptors (Lipinski definition) is 4. The van der Waals surface area contributed by atoms with Crippen molar-refractivity contribution in [2.75, 3.05) is 6.61 Å². The molecular weight excluding hydrogens is 304 g/mol. The summed E-state index contributed by atoms with van der Waals surface area (Å²) in [5.74, 6) is -0.384. The molecule has 0 spiro atoms. The Hall–Kier alpha value is -1.55. The van der Waals surface area contributed by atoms with Gasteiger partial charge in [-0.05, 0) is 37.1 Å². The van der Waals surface area contributed by atoms with Crippen LogP contribution in [0.25, 0.3) is 0 Å². The molecule has 0 amide bonds. The minimum absolute atomic E-state index is 0.00939. The molecule has 0 aliphatic carbocycles. The minimum Gasteiger partial charge on any atom is -0.466 e. The smallest absolute Gasteiger partial charge is 0.311 e. The zero-order valence-corrected chi connectivity index (χ0v) is 13.9. The number of carbonyl (C=O) groups is 2. The van der Waals surface area contributed by atoms with Gasteiger partial charge in [0.05, 0.1) is 19.4 Å². The average molecular weight is 327 g/mol. The second-order valence-corrected chi connectivity index (χ2v) is 5.57. The average Bonchev–Trinajstić information content (AvgIpc) is 2.49. The normalized spacial score (nSPS) is 10.3. The molecule has 0 saturated heterocycles. The van der Waals surface area contributed by atoms with E-state index < -0.39 is 5.97 Å². The Balaban J connectivity index is 2.22. The number of hydrogen-bond donors (Lipinski definition) is 0. The highest BCUT2D eigenvalue weighted by atomic mass is 35.5. The molecule has 0 aliphatic rings.